The van der Waals surface area contributed by atoms with E-state index in [0.29, 0.717) is 10.7 Å². The van der Waals surface area contributed by atoms with Gasteiger partial charge in [-0.25, -0.2) is 4.98 Å². The van der Waals surface area contributed by atoms with E-state index in [1.165, 1.54) is 12.3 Å². The van der Waals surface area contributed by atoms with Crippen LogP contribution in [0.15, 0.2) is 24.5 Å². The lowest BCUT2D eigenvalue weighted by atomic mass is 10.1. The van der Waals surface area contributed by atoms with Crippen molar-refractivity contribution in [3.05, 3.63) is 46.0 Å². The molecule has 0 saturated carbocycles. The molecule has 0 aliphatic carbocycles. The largest absolute Gasteiger partial charge is 0.292 e. The first-order valence-corrected chi connectivity index (χ1v) is 6.61. The molecule has 0 saturated heterocycles. The monoisotopic (exact) mass is 297 g/mol. The lowest BCUT2D eigenvalue weighted by molar-refractivity contribution is 0.0987. The zero-order valence-electron chi connectivity index (χ0n) is 10.6. The van der Waals surface area contributed by atoms with Gasteiger partial charge in [-0.1, -0.05) is 23.2 Å². The molecule has 0 atom stereocenters. The Morgan fingerprint density at radius 1 is 1.42 bits per heavy atom. The van der Waals surface area contributed by atoms with E-state index in [1.54, 1.807) is 4.68 Å². The maximum absolute atomic E-state index is 12.1. The third kappa shape index (κ3) is 3.33. The fraction of sp³-hybridized carbons (Fsp3) is 0.308. The summed E-state index contributed by atoms with van der Waals surface area (Å²) in [6, 6.07) is 3.60. The second kappa shape index (κ2) is 5.72. The highest BCUT2D eigenvalue weighted by Gasteiger charge is 2.15. The summed E-state index contributed by atoms with van der Waals surface area (Å²) in [4.78, 5) is 16.1. The van der Waals surface area contributed by atoms with Crippen LogP contribution in [0.3, 0.4) is 0 Å². The van der Waals surface area contributed by atoms with Gasteiger partial charge in [0.25, 0.3) is 0 Å². The average Bonchev–Trinajstić information content (AvgIpc) is 2.77. The fourth-order valence-corrected chi connectivity index (χ4v) is 2.11. The highest BCUT2D eigenvalue weighted by Crippen LogP contribution is 2.19. The normalized spacial score (nSPS) is 11.0. The molecular weight excluding hydrogens is 285 g/mol. The van der Waals surface area contributed by atoms with Gasteiger partial charge in [0.15, 0.2) is 5.78 Å². The molecule has 0 aromatic carbocycles. The zero-order valence-corrected chi connectivity index (χ0v) is 12.1. The molecule has 0 bridgehead atoms. The van der Waals surface area contributed by atoms with E-state index >= 15 is 0 Å². The Balaban J connectivity index is 2.16. The molecule has 0 fully saturated rings. The van der Waals surface area contributed by atoms with Crippen LogP contribution in [0, 0.1) is 0 Å². The second-order valence-corrected chi connectivity index (χ2v) is 5.31. The first kappa shape index (κ1) is 14.0. The number of nitrogens with zero attached hydrogens (tertiary/aromatic N) is 3. The van der Waals surface area contributed by atoms with Crippen LogP contribution in [0.1, 0.15) is 36.1 Å². The summed E-state index contributed by atoms with van der Waals surface area (Å²) >= 11 is 11.7. The lowest BCUT2D eigenvalue weighted by Gasteiger charge is -2.04. The van der Waals surface area contributed by atoms with Gasteiger partial charge in [-0.3, -0.25) is 9.48 Å². The predicted molar refractivity (Wildman–Crippen MR) is 74.9 cm³/mol. The third-order valence-corrected chi connectivity index (χ3v) is 3.10. The second-order valence-electron chi connectivity index (χ2n) is 4.46. The zero-order chi connectivity index (χ0) is 14.0. The Morgan fingerprint density at radius 3 is 2.74 bits per heavy atom. The molecule has 0 unspecified atom stereocenters. The van der Waals surface area contributed by atoms with Crippen molar-refractivity contribution in [2.45, 2.75) is 26.3 Å². The number of hydrogen-bond acceptors (Lipinski definition) is 3. The van der Waals surface area contributed by atoms with E-state index in [-0.39, 0.29) is 29.0 Å². The van der Waals surface area contributed by atoms with Crippen LogP contribution in [0.5, 0.6) is 0 Å². The Hall–Kier alpha value is -1.39. The van der Waals surface area contributed by atoms with Crippen LogP contribution in [0.4, 0.5) is 0 Å². The van der Waals surface area contributed by atoms with Gasteiger partial charge in [-0.2, -0.15) is 5.10 Å². The first-order valence-electron chi connectivity index (χ1n) is 5.85. The van der Waals surface area contributed by atoms with E-state index in [9.17, 15) is 4.79 Å². The van der Waals surface area contributed by atoms with E-state index in [1.807, 2.05) is 26.1 Å². The number of carbonyl (C=O) groups excluding carboxylic acids is 1. The van der Waals surface area contributed by atoms with Crippen LogP contribution in [0.2, 0.25) is 10.0 Å². The number of rotatable bonds is 4. The topological polar surface area (TPSA) is 47.8 Å². The molecular formula is C13H13Cl2N3O. The van der Waals surface area contributed by atoms with Crippen molar-refractivity contribution >= 4 is 29.0 Å². The van der Waals surface area contributed by atoms with Gasteiger partial charge in [-0.05, 0) is 26.0 Å². The summed E-state index contributed by atoms with van der Waals surface area (Å²) in [5.41, 5.74) is 0.927. The first-order chi connectivity index (χ1) is 8.97. The minimum Gasteiger partial charge on any atom is -0.292 e. The van der Waals surface area contributed by atoms with Gasteiger partial charge in [0.05, 0.1) is 22.2 Å². The summed E-state index contributed by atoms with van der Waals surface area (Å²) < 4.78 is 1.81. The number of halogens is 2. The van der Waals surface area contributed by atoms with Crippen molar-refractivity contribution in [2.75, 3.05) is 0 Å². The number of carbonyl (C=O) groups is 1. The van der Waals surface area contributed by atoms with Crippen molar-refractivity contribution < 1.29 is 4.79 Å². The van der Waals surface area contributed by atoms with Gasteiger partial charge in [0.2, 0.25) is 0 Å². The molecule has 0 amide bonds. The number of aromatic nitrogens is 3. The van der Waals surface area contributed by atoms with Gasteiger partial charge in [0, 0.05) is 18.4 Å². The van der Waals surface area contributed by atoms with Crippen molar-refractivity contribution in [2.24, 2.45) is 0 Å². The smallest absolute Gasteiger partial charge is 0.188 e. The molecule has 0 N–H and O–H groups in total. The summed E-state index contributed by atoms with van der Waals surface area (Å²) in [6.45, 7) is 4.05. The van der Waals surface area contributed by atoms with E-state index in [0.717, 1.165) is 0 Å². The van der Waals surface area contributed by atoms with Gasteiger partial charge >= 0.3 is 0 Å². The minimum atomic E-state index is -0.171. The predicted octanol–water partition coefficient (Wildman–Crippen LogP) is 3.59. The van der Waals surface area contributed by atoms with Crippen molar-refractivity contribution in [3.8, 4) is 0 Å². The quantitative estimate of drug-likeness (QED) is 0.810. The molecule has 0 aliphatic heterocycles. The SMILES string of the molecule is CC(C)n1ccc(CC(=O)c2ncc(Cl)cc2Cl)n1. The number of hydrogen-bond donors (Lipinski definition) is 0. The molecule has 0 radical (unpaired) electrons. The van der Waals surface area contributed by atoms with Crippen molar-refractivity contribution in [1.29, 1.82) is 0 Å². The summed E-state index contributed by atoms with van der Waals surface area (Å²) in [5, 5.41) is 4.99. The third-order valence-electron chi connectivity index (χ3n) is 2.61. The molecule has 2 heterocycles. The molecule has 2 aromatic rings. The van der Waals surface area contributed by atoms with Gasteiger partial charge < -0.3 is 0 Å². The molecule has 19 heavy (non-hydrogen) atoms. The lowest BCUT2D eigenvalue weighted by Crippen LogP contribution is -2.08. The van der Waals surface area contributed by atoms with Crippen LogP contribution >= 0.6 is 23.2 Å². The van der Waals surface area contributed by atoms with Crippen molar-refractivity contribution in [1.82, 2.24) is 14.8 Å². The summed E-state index contributed by atoms with van der Waals surface area (Å²) in [7, 11) is 0. The number of ketones is 1. The van der Waals surface area contributed by atoms with Crippen LogP contribution in [0.25, 0.3) is 0 Å². The highest BCUT2D eigenvalue weighted by atomic mass is 35.5. The molecule has 0 aliphatic rings. The van der Waals surface area contributed by atoms with E-state index in [4.69, 9.17) is 23.2 Å². The maximum Gasteiger partial charge on any atom is 0.188 e. The molecule has 4 nitrogen and oxygen atoms in total. The fourth-order valence-electron chi connectivity index (χ4n) is 1.63. The van der Waals surface area contributed by atoms with E-state index < -0.39 is 0 Å². The molecule has 2 rings (SSSR count). The molecule has 6 heteroatoms. The molecule has 0 spiro atoms. The van der Waals surface area contributed by atoms with Crippen molar-refractivity contribution in [3.63, 3.8) is 0 Å². The number of pyridine rings is 1. The Kier molecular flexibility index (Phi) is 4.22. The maximum atomic E-state index is 12.1. The Labute approximate surface area is 121 Å². The van der Waals surface area contributed by atoms with E-state index in [2.05, 4.69) is 10.1 Å². The highest BCUT2D eigenvalue weighted by molar-refractivity contribution is 6.36. The standard InChI is InChI=1S/C13H13Cl2N3O/c1-8(2)18-4-3-10(17-18)6-12(19)13-11(15)5-9(14)7-16-13/h3-5,7-8H,6H2,1-2H3. The summed E-state index contributed by atoms with van der Waals surface area (Å²) in [5.74, 6) is -0.171. The Bertz CT molecular complexity index is 608. The van der Waals surface area contributed by atoms with Crippen LogP contribution < -0.4 is 0 Å². The minimum absolute atomic E-state index is 0.171. The van der Waals surface area contributed by atoms with Gasteiger partial charge in [0.1, 0.15) is 5.69 Å². The average molecular weight is 298 g/mol. The Morgan fingerprint density at radius 2 is 2.16 bits per heavy atom. The van der Waals surface area contributed by atoms with Gasteiger partial charge in [-0.15, -0.1) is 0 Å². The van der Waals surface area contributed by atoms with Crippen LogP contribution in [-0.4, -0.2) is 20.5 Å². The van der Waals surface area contributed by atoms with Crippen LogP contribution in [-0.2, 0) is 6.42 Å². The molecule has 100 valence electrons. The summed E-state index contributed by atoms with van der Waals surface area (Å²) in [6.07, 6.45) is 3.44. The molecule has 2 aromatic heterocycles. The number of Topliss-reactive ketones (excluding diaryl/α,β-unsaturated/α-hetero) is 1.